The Morgan fingerprint density at radius 2 is 1.67 bits per heavy atom. The first-order chi connectivity index (χ1) is 5.98. The van der Waals surface area contributed by atoms with Gasteiger partial charge in [0.2, 0.25) is 0 Å². The summed E-state index contributed by atoms with van der Waals surface area (Å²) in [7, 11) is -4.54. The van der Waals surface area contributed by atoms with Gasteiger partial charge in [0.1, 0.15) is 0 Å². The van der Waals surface area contributed by atoms with E-state index >= 15 is 0 Å². The van der Waals surface area contributed by atoms with Crippen LogP contribution < -0.4 is 0 Å². The third kappa shape index (κ3) is 5.12. The van der Waals surface area contributed by atoms with Gasteiger partial charge in [0, 0.05) is 5.57 Å². The Morgan fingerprint density at radius 3 is 1.73 bits per heavy atom. The maximum absolute atomic E-state index is 11.4. The van der Waals surface area contributed by atoms with Crippen LogP contribution in [0.1, 0.15) is 27.7 Å². The molecular weight excluding hydrogens is 229 g/mol. The Kier molecular flexibility index (Phi) is 6.36. The van der Waals surface area contributed by atoms with E-state index in [2.05, 4.69) is 6.58 Å². The molecule has 0 aliphatic heterocycles. The Labute approximate surface area is 113 Å². The van der Waals surface area contributed by atoms with Gasteiger partial charge in [-0.25, -0.2) is 4.31 Å². The molecule has 0 radical (unpaired) electrons. The minimum atomic E-state index is -4.54. The average molecular weight is 245 g/mol. The van der Waals surface area contributed by atoms with Gasteiger partial charge in [-0.3, -0.25) is 9.35 Å². The molecule has 0 spiro atoms. The van der Waals surface area contributed by atoms with Crippen molar-refractivity contribution in [1.29, 1.82) is 0 Å². The van der Waals surface area contributed by atoms with E-state index in [9.17, 15) is 13.2 Å². The predicted molar refractivity (Wildman–Crippen MR) is 60.1 cm³/mol. The number of hydrogen-bond acceptors (Lipinski definition) is 3. The molecule has 0 bridgehead atoms. The van der Waals surface area contributed by atoms with E-state index in [0.717, 1.165) is 0 Å². The molecule has 0 aromatic rings. The van der Waals surface area contributed by atoms with E-state index in [1.165, 1.54) is 27.7 Å². The predicted octanol–water partition coefficient (Wildman–Crippen LogP) is 0.344. The zero-order chi connectivity index (χ0) is 11.7. The first-order valence-electron chi connectivity index (χ1n) is 3.95. The van der Waals surface area contributed by atoms with Crippen molar-refractivity contribution >= 4 is 45.8 Å². The van der Waals surface area contributed by atoms with E-state index in [-0.39, 0.29) is 35.1 Å². The molecule has 7 heteroatoms. The molecule has 0 atom stereocenters. The second-order valence-electron chi connectivity index (χ2n) is 4.00. The summed E-state index contributed by atoms with van der Waals surface area (Å²) in [5, 5.41) is 0. The molecule has 0 saturated heterocycles. The standard InChI is InChI=1S/C8H15NO4S.Na.H/c1-6(2)7(10)9(8(3,4)5)14(11,12)13;;/h1H2,2-5H3,(H,11,12,13);;. The topological polar surface area (TPSA) is 74.7 Å². The molecule has 0 fully saturated rings. The fourth-order valence-corrected chi connectivity index (χ4v) is 1.99. The van der Waals surface area contributed by atoms with Crippen LogP contribution in [0.4, 0.5) is 0 Å². The molecule has 15 heavy (non-hydrogen) atoms. The van der Waals surface area contributed by atoms with Crippen LogP contribution in [0.25, 0.3) is 0 Å². The van der Waals surface area contributed by atoms with Gasteiger partial charge in [0.15, 0.2) is 0 Å². The normalized spacial score (nSPS) is 11.5. The van der Waals surface area contributed by atoms with Crippen molar-refractivity contribution in [3.8, 4) is 0 Å². The number of rotatable bonds is 2. The third-order valence-corrected chi connectivity index (χ3v) is 2.56. The quantitative estimate of drug-likeness (QED) is 0.432. The van der Waals surface area contributed by atoms with Crippen LogP contribution in [-0.2, 0) is 15.1 Å². The Morgan fingerprint density at radius 1 is 1.33 bits per heavy atom. The van der Waals surface area contributed by atoms with Gasteiger partial charge < -0.3 is 0 Å². The molecule has 5 nitrogen and oxygen atoms in total. The zero-order valence-electron chi connectivity index (χ0n) is 8.73. The second kappa shape index (κ2) is 5.45. The van der Waals surface area contributed by atoms with Crippen LogP contribution >= 0.6 is 0 Å². The van der Waals surface area contributed by atoms with Gasteiger partial charge in [0.05, 0.1) is 5.54 Å². The van der Waals surface area contributed by atoms with E-state index in [1.54, 1.807) is 0 Å². The molecule has 0 aromatic heterocycles. The third-order valence-electron chi connectivity index (χ3n) is 1.39. The summed E-state index contributed by atoms with van der Waals surface area (Å²) in [6.07, 6.45) is 0. The molecule has 0 heterocycles. The van der Waals surface area contributed by atoms with Gasteiger partial charge >= 0.3 is 39.9 Å². The van der Waals surface area contributed by atoms with Gasteiger partial charge in [-0.1, -0.05) is 6.58 Å². The van der Waals surface area contributed by atoms with Crippen LogP contribution in [0, 0.1) is 0 Å². The number of carbonyl (C=O) groups is 1. The number of nitrogens with zero attached hydrogens (tertiary/aromatic N) is 1. The van der Waals surface area contributed by atoms with Crippen molar-refractivity contribution in [2.75, 3.05) is 0 Å². The molecule has 1 N–H and O–H groups in total. The van der Waals surface area contributed by atoms with Crippen LogP contribution in [0.3, 0.4) is 0 Å². The van der Waals surface area contributed by atoms with Gasteiger partial charge in [0.25, 0.3) is 5.91 Å². The van der Waals surface area contributed by atoms with Gasteiger partial charge in [-0.15, -0.1) is 0 Å². The first kappa shape index (κ1) is 17.5. The summed E-state index contributed by atoms with van der Waals surface area (Å²) in [6, 6.07) is 0. The molecule has 0 aliphatic rings. The number of carbonyl (C=O) groups excluding carboxylic acids is 1. The minimum absolute atomic E-state index is 0. The van der Waals surface area contributed by atoms with Crippen molar-refractivity contribution in [1.82, 2.24) is 4.31 Å². The first-order valence-corrected chi connectivity index (χ1v) is 5.35. The molecule has 0 aliphatic carbocycles. The Hall–Kier alpha value is 0.120. The summed E-state index contributed by atoms with van der Waals surface area (Å²) in [5.41, 5.74) is -0.957. The van der Waals surface area contributed by atoms with Crippen molar-refractivity contribution in [3.05, 3.63) is 12.2 Å². The van der Waals surface area contributed by atoms with Gasteiger partial charge in [-0.05, 0) is 27.7 Å². The Bertz CT molecular complexity index is 355. The maximum atomic E-state index is 11.4. The second-order valence-corrected chi connectivity index (χ2v) is 5.26. The summed E-state index contributed by atoms with van der Waals surface area (Å²) < 4.78 is 31.2. The van der Waals surface area contributed by atoms with Crippen LogP contribution in [0.5, 0.6) is 0 Å². The molecule has 84 valence electrons. The number of hydrogen-bond donors (Lipinski definition) is 1. The molecular formula is C8H16NNaO4S. The van der Waals surface area contributed by atoms with E-state index in [0.29, 0.717) is 4.31 Å². The SMILES string of the molecule is C=C(C)C(=O)N(C(C)(C)C)S(=O)(=O)O.[NaH]. The average Bonchev–Trinajstić information content (AvgIpc) is 1.79. The zero-order valence-corrected chi connectivity index (χ0v) is 9.55. The fourth-order valence-electron chi connectivity index (χ4n) is 0.929. The summed E-state index contributed by atoms with van der Waals surface area (Å²) in [5.74, 6) is -0.806. The summed E-state index contributed by atoms with van der Waals surface area (Å²) in [6.45, 7) is 9.22. The molecule has 0 unspecified atom stereocenters. The monoisotopic (exact) mass is 245 g/mol. The van der Waals surface area contributed by atoms with Crippen LogP contribution in [0.15, 0.2) is 12.2 Å². The summed E-state index contributed by atoms with van der Waals surface area (Å²) in [4.78, 5) is 11.4. The van der Waals surface area contributed by atoms with E-state index in [1.807, 2.05) is 0 Å². The Balaban J connectivity index is 0. The molecule has 0 rings (SSSR count). The van der Waals surface area contributed by atoms with Crippen LogP contribution in [-0.4, -0.2) is 58.3 Å². The van der Waals surface area contributed by atoms with Crippen molar-refractivity contribution in [2.45, 2.75) is 33.2 Å². The molecule has 0 saturated carbocycles. The van der Waals surface area contributed by atoms with E-state index < -0.39 is 21.8 Å². The van der Waals surface area contributed by atoms with Crippen molar-refractivity contribution < 1.29 is 17.8 Å². The summed E-state index contributed by atoms with van der Waals surface area (Å²) >= 11 is 0. The van der Waals surface area contributed by atoms with Gasteiger partial charge in [-0.2, -0.15) is 8.42 Å². The van der Waals surface area contributed by atoms with Crippen molar-refractivity contribution in [3.63, 3.8) is 0 Å². The number of amides is 1. The van der Waals surface area contributed by atoms with Crippen molar-refractivity contribution in [2.24, 2.45) is 0 Å². The molecule has 0 aromatic carbocycles. The molecule has 1 amide bonds. The van der Waals surface area contributed by atoms with Crippen LogP contribution in [0.2, 0.25) is 0 Å². The fraction of sp³-hybridized carbons (Fsp3) is 0.625. The van der Waals surface area contributed by atoms with E-state index in [4.69, 9.17) is 4.55 Å².